The average Bonchev–Trinajstić information content (AvgIpc) is 2.98. The van der Waals surface area contributed by atoms with Crippen molar-refractivity contribution in [2.24, 2.45) is 5.73 Å². The number of halogens is 1. The molecule has 2 N–H and O–H groups in total. The topological polar surface area (TPSA) is 101 Å². The molecular weight excluding hydrogens is 330 g/mol. The molecule has 2 aliphatic rings. The summed E-state index contributed by atoms with van der Waals surface area (Å²) < 4.78 is 26.3. The predicted molar refractivity (Wildman–Crippen MR) is 81.5 cm³/mol. The molecule has 22 heavy (non-hydrogen) atoms. The summed E-state index contributed by atoms with van der Waals surface area (Å²) in [6, 6.07) is 3.87. The number of nitrogens with two attached hydrogens (primary N) is 1. The molecule has 2 aliphatic heterocycles. The third kappa shape index (κ3) is 2.41. The minimum Gasteiger partial charge on any atom is -0.326 e. The first-order valence-electron chi connectivity index (χ1n) is 6.54. The van der Waals surface area contributed by atoms with Gasteiger partial charge in [0, 0.05) is 26.2 Å². The lowest BCUT2D eigenvalue weighted by atomic mass is 10.1. The van der Waals surface area contributed by atoms with Gasteiger partial charge in [-0.3, -0.25) is 14.5 Å². The van der Waals surface area contributed by atoms with E-state index in [1.54, 1.807) is 0 Å². The maximum atomic E-state index is 12.5. The lowest BCUT2D eigenvalue weighted by Gasteiger charge is -2.16. The van der Waals surface area contributed by atoms with E-state index in [1.807, 2.05) is 0 Å². The molecule has 3 rings (SSSR count). The van der Waals surface area contributed by atoms with Crippen molar-refractivity contribution in [3.8, 4) is 0 Å². The number of sulfonamides is 1. The van der Waals surface area contributed by atoms with E-state index in [1.165, 1.54) is 29.6 Å². The van der Waals surface area contributed by atoms with E-state index in [9.17, 15) is 18.0 Å². The molecule has 1 atom stereocenters. The highest BCUT2D eigenvalue weighted by Crippen LogP contribution is 2.27. The van der Waals surface area contributed by atoms with Crippen LogP contribution < -0.4 is 5.73 Å². The molecule has 0 bridgehead atoms. The Bertz CT molecular complexity index is 750. The Balaban J connectivity index is 0.00000176. The van der Waals surface area contributed by atoms with E-state index in [-0.39, 0.29) is 41.0 Å². The molecule has 0 radical (unpaired) electrons. The van der Waals surface area contributed by atoms with Crippen molar-refractivity contribution in [1.82, 2.24) is 9.21 Å². The van der Waals surface area contributed by atoms with Gasteiger partial charge in [0.2, 0.25) is 10.0 Å². The van der Waals surface area contributed by atoms with E-state index in [2.05, 4.69) is 0 Å². The van der Waals surface area contributed by atoms with Gasteiger partial charge in [-0.25, -0.2) is 8.42 Å². The first kappa shape index (κ1) is 16.9. The Morgan fingerprint density at radius 2 is 1.82 bits per heavy atom. The van der Waals surface area contributed by atoms with Crippen LogP contribution in [0.5, 0.6) is 0 Å². The number of nitrogens with zero attached hydrogens (tertiary/aromatic N) is 2. The normalized spacial score (nSPS) is 21.9. The van der Waals surface area contributed by atoms with Gasteiger partial charge in [-0.05, 0) is 24.6 Å². The number of carbonyl (C=O) groups is 2. The minimum atomic E-state index is -3.68. The first-order valence-corrected chi connectivity index (χ1v) is 7.98. The summed E-state index contributed by atoms with van der Waals surface area (Å²) in [5.41, 5.74) is 6.10. The Hall–Kier alpha value is -1.48. The molecule has 1 aromatic carbocycles. The molecule has 1 aromatic rings. The second kappa shape index (κ2) is 5.62. The molecule has 1 fully saturated rings. The molecule has 0 saturated carbocycles. The molecule has 1 saturated heterocycles. The van der Waals surface area contributed by atoms with Crippen molar-refractivity contribution in [2.75, 3.05) is 20.1 Å². The molecule has 2 heterocycles. The van der Waals surface area contributed by atoms with Gasteiger partial charge in [0.05, 0.1) is 16.0 Å². The number of rotatable bonds is 2. The van der Waals surface area contributed by atoms with Crippen LogP contribution in [0.15, 0.2) is 23.1 Å². The number of carbonyl (C=O) groups excluding carboxylic acids is 2. The highest BCUT2D eigenvalue weighted by atomic mass is 35.5. The SMILES string of the molecule is CN1C(=O)c2ccc(S(=O)(=O)N3CC[C@@H](N)C3)cc2C1=O.Cl. The fraction of sp³-hybridized carbons (Fsp3) is 0.385. The van der Waals surface area contributed by atoms with Crippen LogP contribution in [0.25, 0.3) is 0 Å². The number of hydrogen-bond donors (Lipinski definition) is 1. The third-order valence-corrected chi connectivity index (χ3v) is 5.75. The Morgan fingerprint density at radius 3 is 2.41 bits per heavy atom. The van der Waals surface area contributed by atoms with E-state index in [0.717, 1.165) is 4.90 Å². The molecule has 0 aromatic heterocycles. The fourth-order valence-corrected chi connectivity index (χ4v) is 4.16. The van der Waals surface area contributed by atoms with Gasteiger partial charge in [0.15, 0.2) is 0 Å². The van der Waals surface area contributed by atoms with Crippen molar-refractivity contribution in [3.05, 3.63) is 29.3 Å². The molecule has 9 heteroatoms. The number of fused-ring (bicyclic) bond motifs is 1. The Labute approximate surface area is 134 Å². The summed E-state index contributed by atoms with van der Waals surface area (Å²) in [4.78, 5) is 24.7. The monoisotopic (exact) mass is 345 g/mol. The first-order chi connectivity index (χ1) is 9.82. The zero-order chi connectivity index (χ0) is 15.4. The lowest BCUT2D eigenvalue weighted by molar-refractivity contribution is 0.0693. The Kier molecular flexibility index (Phi) is 4.31. The standard InChI is InChI=1S/C13H15N3O4S.ClH/c1-15-12(17)10-3-2-9(6-11(10)13(15)18)21(19,20)16-5-4-8(14)7-16;/h2-3,6,8H,4-5,7,14H2,1H3;1H/t8-;/m1./s1. The molecule has 120 valence electrons. The predicted octanol–water partition coefficient (Wildman–Crippen LogP) is 0.0559. The highest BCUT2D eigenvalue weighted by molar-refractivity contribution is 7.89. The summed E-state index contributed by atoms with van der Waals surface area (Å²) in [7, 11) is -2.31. The van der Waals surface area contributed by atoms with Crippen LogP contribution >= 0.6 is 12.4 Å². The molecule has 2 amide bonds. The maximum Gasteiger partial charge on any atom is 0.261 e. The zero-order valence-corrected chi connectivity index (χ0v) is 13.5. The van der Waals surface area contributed by atoms with Crippen LogP contribution in [0.2, 0.25) is 0 Å². The molecule has 7 nitrogen and oxygen atoms in total. The third-order valence-electron chi connectivity index (χ3n) is 3.89. The molecule has 0 unspecified atom stereocenters. The van der Waals surface area contributed by atoms with Crippen LogP contribution in [0.4, 0.5) is 0 Å². The Morgan fingerprint density at radius 1 is 1.18 bits per heavy atom. The smallest absolute Gasteiger partial charge is 0.261 e. The molecule has 0 aliphatic carbocycles. The number of hydrogen-bond acceptors (Lipinski definition) is 5. The van der Waals surface area contributed by atoms with Gasteiger partial charge >= 0.3 is 0 Å². The summed E-state index contributed by atoms with van der Waals surface area (Å²) in [6.07, 6.45) is 0.615. The minimum absolute atomic E-state index is 0. The van der Waals surface area contributed by atoms with Crippen LogP contribution in [-0.2, 0) is 10.0 Å². The molecular formula is C13H16ClN3O4S. The highest BCUT2D eigenvalue weighted by Gasteiger charge is 2.36. The number of imide groups is 1. The van der Waals surface area contributed by atoms with Gasteiger partial charge in [-0.2, -0.15) is 4.31 Å². The summed E-state index contributed by atoms with van der Waals surface area (Å²) in [5.74, 6) is -0.896. The van der Waals surface area contributed by atoms with Crippen LogP contribution in [0, 0.1) is 0 Å². The number of amides is 2. The van der Waals surface area contributed by atoms with Crippen molar-refractivity contribution in [3.63, 3.8) is 0 Å². The van der Waals surface area contributed by atoms with Crippen LogP contribution in [-0.4, -0.2) is 55.6 Å². The fourth-order valence-electron chi connectivity index (χ4n) is 2.62. The van der Waals surface area contributed by atoms with Gasteiger partial charge in [0.25, 0.3) is 11.8 Å². The van der Waals surface area contributed by atoms with Crippen molar-refractivity contribution < 1.29 is 18.0 Å². The zero-order valence-electron chi connectivity index (χ0n) is 11.9. The quantitative estimate of drug-likeness (QED) is 0.764. The van der Waals surface area contributed by atoms with Gasteiger partial charge in [-0.1, -0.05) is 0 Å². The summed E-state index contributed by atoms with van der Waals surface area (Å²) >= 11 is 0. The largest absolute Gasteiger partial charge is 0.326 e. The van der Waals surface area contributed by atoms with Gasteiger partial charge in [0.1, 0.15) is 0 Å². The van der Waals surface area contributed by atoms with Gasteiger partial charge in [-0.15, -0.1) is 12.4 Å². The van der Waals surface area contributed by atoms with E-state index >= 15 is 0 Å². The number of benzene rings is 1. The maximum absolute atomic E-state index is 12.5. The summed E-state index contributed by atoms with van der Waals surface area (Å²) in [6.45, 7) is 0.638. The van der Waals surface area contributed by atoms with Crippen molar-refractivity contribution in [2.45, 2.75) is 17.4 Å². The van der Waals surface area contributed by atoms with E-state index in [4.69, 9.17) is 5.73 Å². The average molecular weight is 346 g/mol. The summed E-state index contributed by atoms with van der Waals surface area (Å²) in [5, 5.41) is 0. The van der Waals surface area contributed by atoms with E-state index in [0.29, 0.717) is 13.0 Å². The van der Waals surface area contributed by atoms with Crippen LogP contribution in [0.1, 0.15) is 27.1 Å². The van der Waals surface area contributed by atoms with E-state index < -0.39 is 21.8 Å². The van der Waals surface area contributed by atoms with Crippen molar-refractivity contribution >= 4 is 34.2 Å². The van der Waals surface area contributed by atoms with Gasteiger partial charge < -0.3 is 5.73 Å². The van der Waals surface area contributed by atoms with Crippen molar-refractivity contribution in [1.29, 1.82) is 0 Å². The second-order valence-corrected chi connectivity index (χ2v) is 7.23. The second-order valence-electron chi connectivity index (χ2n) is 5.29. The van der Waals surface area contributed by atoms with Crippen LogP contribution in [0.3, 0.4) is 0 Å². The lowest BCUT2D eigenvalue weighted by Crippen LogP contribution is -2.32. The molecule has 0 spiro atoms.